The minimum absolute atomic E-state index is 0.250. The molecule has 0 spiro atoms. The molecule has 0 bridgehead atoms. The number of halogens is 1. The summed E-state index contributed by atoms with van der Waals surface area (Å²) in [4.78, 5) is 8.36. The summed E-state index contributed by atoms with van der Waals surface area (Å²) in [5.74, 6) is 0.391. The zero-order valence-corrected chi connectivity index (χ0v) is 18.2. The number of aliphatic hydroxyl groups excluding tert-OH is 1. The van der Waals surface area contributed by atoms with E-state index in [0.29, 0.717) is 23.3 Å². The molecular formula is C26H26FNO5. The van der Waals surface area contributed by atoms with Gasteiger partial charge < -0.3 is 25.1 Å². The van der Waals surface area contributed by atoms with Crippen LogP contribution in [0.25, 0.3) is 22.1 Å². The zero-order valence-electron chi connectivity index (χ0n) is 18.2. The van der Waals surface area contributed by atoms with Gasteiger partial charge in [-0.1, -0.05) is 43.3 Å². The molecule has 4 aromatic rings. The van der Waals surface area contributed by atoms with Crippen molar-refractivity contribution < 1.29 is 28.6 Å². The lowest BCUT2D eigenvalue weighted by atomic mass is 9.96. The van der Waals surface area contributed by atoms with Crippen molar-refractivity contribution in [2.75, 3.05) is 6.61 Å². The van der Waals surface area contributed by atoms with Crippen LogP contribution in [0.2, 0.25) is 0 Å². The summed E-state index contributed by atoms with van der Waals surface area (Å²) in [6.07, 6.45) is 2.47. The van der Waals surface area contributed by atoms with Crippen LogP contribution in [0.3, 0.4) is 0 Å². The van der Waals surface area contributed by atoms with Crippen LogP contribution in [0.4, 0.5) is 4.39 Å². The molecule has 0 aliphatic carbocycles. The highest BCUT2D eigenvalue weighted by molar-refractivity contribution is 5.93. The first kappa shape index (κ1) is 24.0. The molecule has 4 N–H and O–H groups in total. The number of carboxylic acid groups (broad SMARTS) is 1. The fraction of sp³-hybridized carbons (Fsp3) is 0.192. The summed E-state index contributed by atoms with van der Waals surface area (Å²) >= 11 is 0. The second-order valence-corrected chi connectivity index (χ2v) is 7.34. The smallest absolute Gasteiger partial charge is 0.290 e. The minimum Gasteiger partial charge on any atom is -0.489 e. The van der Waals surface area contributed by atoms with E-state index in [9.17, 15) is 5.11 Å². The van der Waals surface area contributed by atoms with Crippen molar-refractivity contribution in [3.8, 4) is 16.9 Å². The first-order valence-electron chi connectivity index (χ1n) is 10.5. The highest BCUT2D eigenvalue weighted by Crippen LogP contribution is 2.35. The molecule has 4 rings (SSSR count). The Bertz CT molecular complexity index is 1220. The van der Waals surface area contributed by atoms with Crippen LogP contribution in [0.1, 0.15) is 29.7 Å². The molecule has 1 heterocycles. The number of para-hydroxylation sites is 1. The van der Waals surface area contributed by atoms with Gasteiger partial charge in [0.25, 0.3) is 6.47 Å². The summed E-state index contributed by atoms with van der Waals surface area (Å²) in [6.45, 7) is 1.86. The highest BCUT2D eigenvalue weighted by atomic mass is 19.1. The van der Waals surface area contributed by atoms with Crippen LogP contribution >= 0.6 is 0 Å². The molecule has 0 saturated heterocycles. The van der Waals surface area contributed by atoms with Gasteiger partial charge in [-0.3, -0.25) is 4.79 Å². The van der Waals surface area contributed by atoms with E-state index in [1.807, 2.05) is 42.5 Å². The van der Waals surface area contributed by atoms with Gasteiger partial charge in [0.05, 0.1) is 18.9 Å². The van der Waals surface area contributed by atoms with E-state index in [4.69, 9.17) is 24.8 Å². The number of fused-ring (bicyclic) bond motifs is 1. The van der Waals surface area contributed by atoms with Crippen molar-refractivity contribution in [1.82, 2.24) is 0 Å². The van der Waals surface area contributed by atoms with E-state index < -0.39 is 11.9 Å². The largest absolute Gasteiger partial charge is 0.489 e. The molecule has 6 nitrogen and oxygen atoms in total. The average Bonchev–Trinajstić information content (AvgIpc) is 3.31. The number of aliphatic hydroxyl groups is 1. The summed E-state index contributed by atoms with van der Waals surface area (Å²) in [7, 11) is 0. The number of nitrogens with two attached hydrogens (primary N) is 1. The van der Waals surface area contributed by atoms with Crippen LogP contribution in [0, 0.1) is 5.82 Å². The maximum Gasteiger partial charge on any atom is 0.290 e. The third kappa shape index (κ3) is 5.39. The van der Waals surface area contributed by atoms with E-state index >= 15 is 4.39 Å². The molecule has 33 heavy (non-hydrogen) atoms. The first-order valence-corrected chi connectivity index (χ1v) is 10.5. The van der Waals surface area contributed by atoms with Crippen molar-refractivity contribution in [2.45, 2.75) is 26.0 Å². The summed E-state index contributed by atoms with van der Waals surface area (Å²) in [5, 5.41) is 17.1. The van der Waals surface area contributed by atoms with E-state index in [-0.39, 0.29) is 18.6 Å². The second kappa shape index (κ2) is 11.3. The second-order valence-electron chi connectivity index (χ2n) is 7.34. The van der Waals surface area contributed by atoms with Crippen LogP contribution in [0.15, 0.2) is 71.3 Å². The fourth-order valence-electron chi connectivity index (χ4n) is 3.67. The predicted octanol–water partition coefficient (Wildman–Crippen LogP) is 5.07. The summed E-state index contributed by atoms with van der Waals surface area (Å²) in [6, 6.07) is 17.9. The molecule has 1 unspecified atom stereocenters. The topological polar surface area (TPSA) is 106 Å². The van der Waals surface area contributed by atoms with Crippen LogP contribution < -0.4 is 10.5 Å². The van der Waals surface area contributed by atoms with Gasteiger partial charge in [0.2, 0.25) is 0 Å². The molecule has 7 heteroatoms. The zero-order chi connectivity index (χ0) is 23.8. The predicted molar refractivity (Wildman–Crippen MR) is 124 cm³/mol. The third-order valence-electron chi connectivity index (χ3n) is 5.27. The SMILES string of the molecule is CCc1ccccc1OCc1cc(-c2cccc(C(N)CO)c2F)c2occc2c1.O=CO. The molecule has 172 valence electrons. The number of hydrogen-bond acceptors (Lipinski definition) is 5. The van der Waals surface area contributed by atoms with Gasteiger partial charge >= 0.3 is 0 Å². The molecule has 0 fully saturated rings. The number of furan rings is 1. The Morgan fingerprint density at radius 3 is 2.61 bits per heavy atom. The van der Waals surface area contributed by atoms with Gasteiger partial charge in [0, 0.05) is 22.1 Å². The Hall–Kier alpha value is -3.68. The number of ether oxygens (including phenoxy) is 1. The Labute approximate surface area is 191 Å². The van der Waals surface area contributed by atoms with Gasteiger partial charge in [0.15, 0.2) is 0 Å². The van der Waals surface area contributed by atoms with Gasteiger partial charge in [-0.05, 0) is 41.8 Å². The Balaban J connectivity index is 0.000000968. The monoisotopic (exact) mass is 451 g/mol. The van der Waals surface area contributed by atoms with Crippen molar-refractivity contribution in [3.63, 3.8) is 0 Å². The molecular weight excluding hydrogens is 425 g/mol. The molecule has 0 aliphatic rings. The average molecular weight is 451 g/mol. The van der Waals surface area contributed by atoms with Crippen molar-refractivity contribution in [3.05, 3.63) is 89.4 Å². The number of hydrogen-bond donors (Lipinski definition) is 3. The molecule has 1 aromatic heterocycles. The number of rotatable bonds is 7. The number of aryl methyl sites for hydroxylation is 1. The van der Waals surface area contributed by atoms with Crippen LogP contribution in [0.5, 0.6) is 5.75 Å². The number of carbonyl (C=O) groups is 1. The first-order chi connectivity index (χ1) is 16.0. The van der Waals surface area contributed by atoms with Crippen molar-refractivity contribution in [2.24, 2.45) is 5.73 Å². The standard InChI is InChI=1S/C25H24FNO3.CH2O2/c1-2-17-6-3-4-9-23(17)30-15-16-12-18-10-11-29-25(18)21(13-16)19-7-5-8-20(24(19)26)22(27)14-28;2-1-3/h3-13,22,28H,2,14-15,27H2,1H3;1H,(H,2,3). The molecule has 0 aliphatic heterocycles. The van der Waals surface area contributed by atoms with Crippen molar-refractivity contribution >= 4 is 17.4 Å². The van der Waals surface area contributed by atoms with E-state index in [2.05, 4.69) is 6.92 Å². The molecule has 0 radical (unpaired) electrons. The van der Waals surface area contributed by atoms with E-state index in [1.54, 1.807) is 24.5 Å². The minimum atomic E-state index is -0.783. The molecule has 1 atom stereocenters. The lowest BCUT2D eigenvalue weighted by Crippen LogP contribution is -2.16. The highest BCUT2D eigenvalue weighted by Gasteiger charge is 2.18. The summed E-state index contributed by atoms with van der Waals surface area (Å²) < 4.78 is 27.0. The Morgan fingerprint density at radius 1 is 1.12 bits per heavy atom. The van der Waals surface area contributed by atoms with Crippen LogP contribution in [-0.4, -0.2) is 23.3 Å². The van der Waals surface area contributed by atoms with E-state index in [1.165, 1.54) is 0 Å². The lowest BCUT2D eigenvalue weighted by molar-refractivity contribution is -0.122. The van der Waals surface area contributed by atoms with Gasteiger partial charge in [-0.25, -0.2) is 4.39 Å². The molecule has 3 aromatic carbocycles. The Morgan fingerprint density at radius 2 is 1.88 bits per heavy atom. The summed E-state index contributed by atoms with van der Waals surface area (Å²) in [5.41, 5.74) is 9.79. The van der Waals surface area contributed by atoms with E-state index in [0.717, 1.165) is 28.7 Å². The van der Waals surface area contributed by atoms with Crippen LogP contribution in [-0.2, 0) is 17.8 Å². The normalized spacial score (nSPS) is 11.5. The Kier molecular flexibility index (Phi) is 8.18. The van der Waals surface area contributed by atoms with Gasteiger partial charge in [-0.15, -0.1) is 0 Å². The van der Waals surface area contributed by atoms with Gasteiger partial charge in [0.1, 0.15) is 23.8 Å². The fourth-order valence-corrected chi connectivity index (χ4v) is 3.67. The number of benzene rings is 3. The van der Waals surface area contributed by atoms with Gasteiger partial charge in [-0.2, -0.15) is 0 Å². The lowest BCUT2D eigenvalue weighted by Gasteiger charge is -2.15. The quantitative estimate of drug-likeness (QED) is 0.339. The maximum absolute atomic E-state index is 15.2. The van der Waals surface area contributed by atoms with Crippen molar-refractivity contribution in [1.29, 1.82) is 0 Å². The molecule has 0 amide bonds. The maximum atomic E-state index is 15.2. The third-order valence-corrected chi connectivity index (χ3v) is 5.27. The molecule has 0 saturated carbocycles.